The van der Waals surface area contributed by atoms with Crippen molar-refractivity contribution in [1.82, 2.24) is 14.7 Å². The zero-order valence-electron chi connectivity index (χ0n) is 15.5. The molecule has 3 rings (SSSR count). The first-order chi connectivity index (χ1) is 12.4. The molecule has 2 heterocycles. The van der Waals surface area contributed by atoms with Crippen LogP contribution in [0.25, 0.3) is 0 Å². The summed E-state index contributed by atoms with van der Waals surface area (Å²) in [5, 5.41) is 14.1. The molecule has 0 bridgehead atoms. The lowest BCUT2D eigenvalue weighted by Crippen LogP contribution is -2.30. The van der Waals surface area contributed by atoms with E-state index in [-0.39, 0.29) is 18.4 Å². The van der Waals surface area contributed by atoms with Crippen molar-refractivity contribution < 1.29 is 14.7 Å². The number of nitrogens with zero attached hydrogens (tertiary/aromatic N) is 3. The average Bonchev–Trinajstić information content (AvgIpc) is 3.18. The van der Waals surface area contributed by atoms with Crippen molar-refractivity contribution in [2.75, 3.05) is 13.1 Å². The highest BCUT2D eigenvalue weighted by Crippen LogP contribution is 2.34. The molecule has 2 unspecified atom stereocenters. The van der Waals surface area contributed by atoms with Gasteiger partial charge in [0, 0.05) is 31.2 Å². The van der Waals surface area contributed by atoms with Gasteiger partial charge in [0.2, 0.25) is 0 Å². The number of aryl methyl sites for hydroxylation is 2. The van der Waals surface area contributed by atoms with Crippen LogP contribution in [0.3, 0.4) is 0 Å². The van der Waals surface area contributed by atoms with Crippen LogP contribution in [0.1, 0.15) is 46.6 Å². The molecule has 0 aliphatic carbocycles. The fourth-order valence-corrected chi connectivity index (χ4v) is 3.85. The molecule has 6 heteroatoms. The van der Waals surface area contributed by atoms with Gasteiger partial charge in [-0.15, -0.1) is 0 Å². The summed E-state index contributed by atoms with van der Waals surface area (Å²) in [7, 11) is 0. The van der Waals surface area contributed by atoms with Gasteiger partial charge in [0.25, 0.3) is 5.91 Å². The molecule has 1 aromatic heterocycles. The van der Waals surface area contributed by atoms with Crippen molar-refractivity contribution >= 4 is 11.9 Å². The fourth-order valence-electron chi connectivity index (χ4n) is 3.85. The van der Waals surface area contributed by atoms with E-state index < -0.39 is 11.9 Å². The first-order valence-electron chi connectivity index (χ1n) is 9.05. The van der Waals surface area contributed by atoms with Crippen LogP contribution >= 0.6 is 0 Å². The van der Waals surface area contributed by atoms with E-state index in [9.17, 15) is 14.7 Å². The minimum atomic E-state index is -0.857. The van der Waals surface area contributed by atoms with Gasteiger partial charge in [0.15, 0.2) is 0 Å². The Kier molecular flexibility index (Phi) is 5.11. The predicted octanol–water partition coefficient (Wildman–Crippen LogP) is 2.85. The van der Waals surface area contributed by atoms with Gasteiger partial charge in [-0.3, -0.25) is 14.3 Å². The third kappa shape index (κ3) is 3.23. The molecule has 1 amide bonds. The smallest absolute Gasteiger partial charge is 0.308 e. The lowest BCUT2D eigenvalue weighted by Gasteiger charge is -2.17. The lowest BCUT2D eigenvalue weighted by atomic mass is 9.89. The van der Waals surface area contributed by atoms with E-state index in [0.29, 0.717) is 17.8 Å². The Morgan fingerprint density at radius 1 is 1.19 bits per heavy atom. The Morgan fingerprint density at radius 3 is 2.50 bits per heavy atom. The van der Waals surface area contributed by atoms with Crippen LogP contribution < -0.4 is 0 Å². The molecule has 26 heavy (non-hydrogen) atoms. The normalized spacial score (nSPS) is 19.7. The summed E-state index contributed by atoms with van der Waals surface area (Å²) >= 11 is 0. The number of benzene rings is 1. The summed E-state index contributed by atoms with van der Waals surface area (Å²) in [5.74, 6) is -1.76. The molecular weight excluding hydrogens is 330 g/mol. The highest BCUT2D eigenvalue weighted by Gasteiger charge is 2.41. The molecule has 6 nitrogen and oxygen atoms in total. The van der Waals surface area contributed by atoms with E-state index in [2.05, 4.69) is 12.0 Å². The van der Waals surface area contributed by atoms with Gasteiger partial charge in [0.05, 0.1) is 17.2 Å². The van der Waals surface area contributed by atoms with Crippen LogP contribution in [0.4, 0.5) is 0 Å². The number of aromatic nitrogens is 2. The number of hydrogen-bond donors (Lipinski definition) is 1. The fraction of sp³-hybridized carbons (Fsp3) is 0.450. The minimum absolute atomic E-state index is 0.118. The highest BCUT2D eigenvalue weighted by molar-refractivity contribution is 5.97. The lowest BCUT2D eigenvalue weighted by molar-refractivity contribution is -0.141. The summed E-state index contributed by atoms with van der Waals surface area (Å²) in [6, 6.07) is 9.59. The van der Waals surface area contributed by atoms with Crippen LogP contribution in [-0.2, 0) is 11.3 Å². The molecule has 1 aliphatic rings. The number of carbonyl (C=O) groups excluding carboxylic acids is 1. The first-order valence-corrected chi connectivity index (χ1v) is 9.05. The van der Waals surface area contributed by atoms with Gasteiger partial charge >= 0.3 is 5.97 Å². The van der Waals surface area contributed by atoms with E-state index in [1.165, 1.54) is 0 Å². The maximum atomic E-state index is 13.1. The van der Waals surface area contributed by atoms with Crippen molar-refractivity contribution in [1.29, 1.82) is 0 Å². The second-order valence-corrected chi connectivity index (χ2v) is 6.94. The molecule has 0 spiro atoms. The van der Waals surface area contributed by atoms with E-state index in [1.54, 1.807) is 4.90 Å². The van der Waals surface area contributed by atoms with E-state index in [4.69, 9.17) is 0 Å². The van der Waals surface area contributed by atoms with E-state index >= 15 is 0 Å². The highest BCUT2D eigenvalue weighted by atomic mass is 16.4. The summed E-state index contributed by atoms with van der Waals surface area (Å²) in [6.45, 7) is 7.22. The minimum Gasteiger partial charge on any atom is -0.481 e. The number of carboxylic acids is 1. The van der Waals surface area contributed by atoms with Gasteiger partial charge in [-0.1, -0.05) is 37.3 Å². The van der Waals surface area contributed by atoms with Crippen LogP contribution in [0.15, 0.2) is 30.3 Å². The molecule has 138 valence electrons. The molecule has 0 saturated carbocycles. The largest absolute Gasteiger partial charge is 0.481 e. The average molecular weight is 355 g/mol. The number of amides is 1. The Balaban J connectivity index is 1.88. The van der Waals surface area contributed by atoms with Gasteiger partial charge in [-0.05, 0) is 25.8 Å². The molecule has 1 N–H and O–H groups in total. The van der Waals surface area contributed by atoms with Crippen molar-refractivity contribution in [2.45, 2.75) is 39.7 Å². The Bertz CT molecular complexity index is 813. The Morgan fingerprint density at radius 2 is 1.88 bits per heavy atom. The summed E-state index contributed by atoms with van der Waals surface area (Å²) in [6.07, 6.45) is 0.941. The maximum absolute atomic E-state index is 13.1. The molecular formula is C20H25N3O3. The molecule has 1 aromatic carbocycles. The Hall–Kier alpha value is -2.63. The number of likely N-dealkylation sites (tertiary alicyclic amines) is 1. The summed E-state index contributed by atoms with van der Waals surface area (Å²) < 4.78 is 1.86. The third-order valence-electron chi connectivity index (χ3n) is 5.18. The zero-order chi connectivity index (χ0) is 18.8. The van der Waals surface area contributed by atoms with Gasteiger partial charge in [-0.2, -0.15) is 5.10 Å². The van der Waals surface area contributed by atoms with Gasteiger partial charge < -0.3 is 10.0 Å². The van der Waals surface area contributed by atoms with Gasteiger partial charge in [-0.25, -0.2) is 0 Å². The molecule has 2 aromatic rings. The van der Waals surface area contributed by atoms with Crippen LogP contribution in [0.5, 0.6) is 0 Å². The monoisotopic (exact) mass is 355 g/mol. The quantitative estimate of drug-likeness (QED) is 0.895. The van der Waals surface area contributed by atoms with Crippen molar-refractivity contribution in [3.8, 4) is 0 Å². The SMILES string of the molecule is CCCn1nc(C)c(C(=O)N2CC(C(=O)O)C(c3ccccc3)C2)c1C. The molecule has 1 aliphatic heterocycles. The van der Waals surface area contributed by atoms with Crippen molar-refractivity contribution in [3.05, 3.63) is 52.8 Å². The first kappa shape index (κ1) is 18.2. The van der Waals surface area contributed by atoms with Crippen molar-refractivity contribution in [3.63, 3.8) is 0 Å². The van der Waals surface area contributed by atoms with Crippen LogP contribution in [0, 0.1) is 19.8 Å². The molecule has 1 fully saturated rings. The molecule has 0 radical (unpaired) electrons. The van der Waals surface area contributed by atoms with Gasteiger partial charge in [0.1, 0.15) is 0 Å². The topological polar surface area (TPSA) is 75.4 Å². The van der Waals surface area contributed by atoms with Crippen LogP contribution in [0.2, 0.25) is 0 Å². The summed E-state index contributed by atoms with van der Waals surface area (Å²) in [4.78, 5) is 26.6. The van der Waals surface area contributed by atoms with Crippen molar-refractivity contribution in [2.24, 2.45) is 5.92 Å². The maximum Gasteiger partial charge on any atom is 0.308 e. The summed E-state index contributed by atoms with van der Waals surface area (Å²) in [5.41, 5.74) is 3.13. The second kappa shape index (κ2) is 7.32. The number of carboxylic acid groups (broad SMARTS) is 1. The van der Waals surface area contributed by atoms with E-state index in [1.807, 2.05) is 48.9 Å². The van der Waals surface area contributed by atoms with Crippen LogP contribution in [-0.4, -0.2) is 44.8 Å². The Labute approximate surface area is 153 Å². The number of rotatable bonds is 5. The standard InChI is InChI=1S/C20H25N3O3/c1-4-10-23-14(3)18(13(2)21-23)19(24)22-11-16(17(12-22)20(25)26)15-8-6-5-7-9-15/h5-9,16-17H,4,10-12H2,1-3H3,(H,25,26). The zero-order valence-corrected chi connectivity index (χ0v) is 15.5. The molecule has 2 atom stereocenters. The third-order valence-corrected chi connectivity index (χ3v) is 5.18. The second-order valence-electron chi connectivity index (χ2n) is 6.94. The number of carbonyl (C=O) groups is 2. The molecule has 1 saturated heterocycles. The number of hydrogen-bond acceptors (Lipinski definition) is 3. The predicted molar refractivity (Wildman–Crippen MR) is 98.2 cm³/mol. The van der Waals surface area contributed by atoms with E-state index in [0.717, 1.165) is 24.2 Å². The number of aliphatic carboxylic acids is 1.